The number of benzene rings is 2. The molecule has 134 valence electrons. The van der Waals surface area contributed by atoms with Crippen LogP contribution in [-0.4, -0.2) is 31.8 Å². The molecule has 0 unspecified atom stereocenters. The molecule has 0 aliphatic heterocycles. The summed E-state index contributed by atoms with van der Waals surface area (Å²) in [5.74, 6) is 1.75. The van der Waals surface area contributed by atoms with Crippen molar-refractivity contribution in [1.29, 1.82) is 0 Å². The molecule has 0 saturated heterocycles. The van der Waals surface area contributed by atoms with Gasteiger partial charge in [0.05, 0.1) is 14.2 Å². The molecule has 0 aliphatic rings. The normalized spacial score (nSPS) is 10.4. The van der Waals surface area contributed by atoms with E-state index in [1.54, 1.807) is 20.3 Å². The second kappa shape index (κ2) is 8.20. The number of nitrogens with one attached hydrogen (secondary N) is 1. The fourth-order valence-electron chi connectivity index (χ4n) is 2.61. The lowest BCUT2D eigenvalue weighted by Gasteiger charge is -2.08. The molecule has 6 heteroatoms. The van der Waals surface area contributed by atoms with Crippen LogP contribution in [0.25, 0.3) is 11.3 Å². The molecule has 0 radical (unpaired) electrons. The van der Waals surface area contributed by atoms with Gasteiger partial charge in [-0.05, 0) is 30.2 Å². The van der Waals surface area contributed by atoms with Crippen molar-refractivity contribution in [3.8, 4) is 22.8 Å². The summed E-state index contributed by atoms with van der Waals surface area (Å²) >= 11 is 0. The first-order valence-corrected chi connectivity index (χ1v) is 8.22. The number of amides is 1. The van der Waals surface area contributed by atoms with Crippen LogP contribution >= 0.6 is 0 Å². The first-order chi connectivity index (χ1) is 12.7. The average molecular weight is 352 g/mol. The van der Waals surface area contributed by atoms with Crippen molar-refractivity contribution >= 4 is 5.91 Å². The lowest BCUT2D eigenvalue weighted by Crippen LogP contribution is -2.26. The van der Waals surface area contributed by atoms with Crippen molar-refractivity contribution in [2.45, 2.75) is 6.42 Å². The molecule has 0 saturated carbocycles. The Morgan fingerprint density at radius 2 is 1.92 bits per heavy atom. The molecule has 0 fully saturated rings. The minimum Gasteiger partial charge on any atom is -0.497 e. The number of carbonyl (C=O) groups is 1. The zero-order valence-electron chi connectivity index (χ0n) is 14.7. The molecule has 2 aromatic carbocycles. The van der Waals surface area contributed by atoms with E-state index >= 15 is 0 Å². The predicted octanol–water partition coefficient (Wildman–Crippen LogP) is 3.33. The van der Waals surface area contributed by atoms with Crippen LogP contribution in [0.15, 0.2) is 59.1 Å². The summed E-state index contributed by atoms with van der Waals surface area (Å²) in [7, 11) is 3.23. The third kappa shape index (κ3) is 4.03. The first kappa shape index (κ1) is 17.5. The van der Waals surface area contributed by atoms with Crippen molar-refractivity contribution in [2.75, 3.05) is 20.8 Å². The number of aromatic nitrogens is 1. The van der Waals surface area contributed by atoms with Crippen LogP contribution in [0.5, 0.6) is 11.5 Å². The Bertz CT molecular complexity index is 889. The fourth-order valence-corrected chi connectivity index (χ4v) is 2.61. The maximum absolute atomic E-state index is 12.3. The van der Waals surface area contributed by atoms with Gasteiger partial charge < -0.3 is 19.3 Å². The van der Waals surface area contributed by atoms with Gasteiger partial charge in [-0.2, -0.15) is 0 Å². The Kier molecular flexibility index (Phi) is 5.53. The van der Waals surface area contributed by atoms with Crippen molar-refractivity contribution < 1.29 is 18.8 Å². The monoisotopic (exact) mass is 352 g/mol. The smallest absolute Gasteiger partial charge is 0.273 e. The Labute approximate surface area is 151 Å². The van der Waals surface area contributed by atoms with Gasteiger partial charge in [0.2, 0.25) is 0 Å². The van der Waals surface area contributed by atoms with E-state index in [4.69, 9.17) is 14.0 Å². The van der Waals surface area contributed by atoms with Crippen molar-refractivity contribution in [3.05, 3.63) is 65.9 Å². The molecule has 0 aliphatic carbocycles. The molecule has 1 heterocycles. The average Bonchev–Trinajstić information content (AvgIpc) is 3.19. The van der Waals surface area contributed by atoms with E-state index in [2.05, 4.69) is 10.5 Å². The number of hydrogen-bond acceptors (Lipinski definition) is 5. The molecule has 0 atom stereocenters. The highest BCUT2D eigenvalue weighted by Crippen LogP contribution is 2.24. The highest BCUT2D eigenvalue weighted by Gasteiger charge is 2.14. The number of ether oxygens (including phenoxy) is 2. The van der Waals surface area contributed by atoms with Crippen LogP contribution in [0.1, 0.15) is 16.1 Å². The summed E-state index contributed by atoms with van der Waals surface area (Å²) < 4.78 is 15.8. The second-order valence-electron chi connectivity index (χ2n) is 5.63. The van der Waals surface area contributed by atoms with Gasteiger partial charge in [-0.15, -0.1) is 0 Å². The van der Waals surface area contributed by atoms with Gasteiger partial charge in [0.25, 0.3) is 5.91 Å². The van der Waals surface area contributed by atoms with E-state index in [0.717, 1.165) is 16.9 Å². The van der Waals surface area contributed by atoms with Gasteiger partial charge >= 0.3 is 0 Å². The van der Waals surface area contributed by atoms with Crippen molar-refractivity contribution in [1.82, 2.24) is 10.5 Å². The number of nitrogens with zero attached hydrogens (tertiary/aromatic N) is 1. The van der Waals surface area contributed by atoms with E-state index in [0.29, 0.717) is 24.5 Å². The van der Waals surface area contributed by atoms with Gasteiger partial charge in [0, 0.05) is 18.2 Å². The fraction of sp³-hybridized carbons (Fsp3) is 0.200. The summed E-state index contributed by atoms with van der Waals surface area (Å²) in [6, 6.07) is 16.7. The zero-order valence-corrected chi connectivity index (χ0v) is 14.7. The minimum absolute atomic E-state index is 0.239. The molecule has 3 rings (SSSR count). The topological polar surface area (TPSA) is 73.6 Å². The standard InChI is InChI=1S/C20H20N2O4/c1-24-16-8-5-7-15(12-16)19-13-17(22-26-19)20(23)21-11-10-14-6-3-4-9-18(14)25-2/h3-9,12-13H,10-11H2,1-2H3,(H,21,23). The molecule has 1 amide bonds. The maximum atomic E-state index is 12.3. The zero-order chi connectivity index (χ0) is 18.4. The highest BCUT2D eigenvalue weighted by atomic mass is 16.5. The molecule has 6 nitrogen and oxygen atoms in total. The van der Waals surface area contributed by atoms with Crippen LogP contribution in [-0.2, 0) is 6.42 Å². The Balaban J connectivity index is 1.61. The first-order valence-electron chi connectivity index (χ1n) is 8.22. The number of methoxy groups -OCH3 is 2. The van der Waals surface area contributed by atoms with Crippen molar-refractivity contribution in [3.63, 3.8) is 0 Å². The van der Waals surface area contributed by atoms with E-state index < -0.39 is 0 Å². The Hall–Kier alpha value is -3.28. The largest absolute Gasteiger partial charge is 0.497 e. The number of carbonyl (C=O) groups excluding carboxylic acids is 1. The Morgan fingerprint density at radius 3 is 2.73 bits per heavy atom. The van der Waals surface area contributed by atoms with Crippen LogP contribution in [0.3, 0.4) is 0 Å². The van der Waals surface area contributed by atoms with Gasteiger partial charge in [-0.1, -0.05) is 35.5 Å². The quantitative estimate of drug-likeness (QED) is 0.706. The SMILES string of the molecule is COc1cccc(-c2cc(C(=O)NCCc3ccccc3OC)no2)c1. The molecule has 0 spiro atoms. The Morgan fingerprint density at radius 1 is 1.08 bits per heavy atom. The molecular formula is C20H20N2O4. The molecular weight excluding hydrogens is 332 g/mol. The lowest BCUT2D eigenvalue weighted by molar-refractivity contribution is 0.0945. The molecule has 3 aromatic rings. The van der Waals surface area contributed by atoms with Crippen LogP contribution in [0, 0.1) is 0 Å². The molecule has 26 heavy (non-hydrogen) atoms. The summed E-state index contributed by atoms with van der Waals surface area (Å²) in [6.45, 7) is 0.473. The van der Waals surface area contributed by atoms with Crippen LogP contribution in [0.2, 0.25) is 0 Å². The van der Waals surface area contributed by atoms with Gasteiger partial charge in [-0.25, -0.2) is 0 Å². The van der Waals surface area contributed by atoms with Crippen LogP contribution < -0.4 is 14.8 Å². The summed E-state index contributed by atoms with van der Waals surface area (Å²) in [5.41, 5.74) is 2.07. The van der Waals surface area contributed by atoms with Gasteiger partial charge in [0.15, 0.2) is 11.5 Å². The van der Waals surface area contributed by atoms with Crippen LogP contribution in [0.4, 0.5) is 0 Å². The number of para-hydroxylation sites is 1. The molecule has 0 bridgehead atoms. The second-order valence-corrected chi connectivity index (χ2v) is 5.63. The van der Waals surface area contributed by atoms with E-state index in [1.165, 1.54) is 0 Å². The molecule has 1 aromatic heterocycles. The summed E-state index contributed by atoms with van der Waals surface area (Å²) in [5, 5.41) is 6.70. The van der Waals surface area contributed by atoms with Gasteiger partial charge in [-0.3, -0.25) is 4.79 Å². The summed E-state index contributed by atoms with van der Waals surface area (Å²) in [6.07, 6.45) is 0.663. The van der Waals surface area contributed by atoms with Gasteiger partial charge in [0.1, 0.15) is 11.5 Å². The maximum Gasteiger partial charge on any atom is 0.273 e. The summed E-state index contributed by atoms with van der Waals surface area (Å²) in [4.78, 5) is 12.3. The third-order valence-corrected chi connectivity index (χ3v) is 3.97. The van der Waals surface area contributed by atoms with E-state index in [1.807, 2.05) is 48.5 Å². The van der Waals surface area contributed by atoms with Crippen molar-refractivity contribution in [2.24, 2.45) is 0 Å². The predicted molar refractivity (Wildman–Crippen MR) is 97.5 cm³/mol. The molecule has 1 N–H and O–H groups in total. The number of rotatable bonds is 7. The minimum atomic E-state index is -0.280. The van der Waals surface area contributed by atoms with E-state index in [9.17, 15) is 4.79 Å². The number of hydrogen-bond donors (Lipinski definition) is 1. The van der Waals surface area contributed by atoms with E-state index in [-0.39, 0.29) is 11.6 Å². The highest BCUT2D eigenvalue weighted by molar-refractivity contribution is 5.93. The lowest BCUT2D eigenvalue weighted by atomic mass is 10.1. The third-order valence-electron chi connectivity index (χ3n) is 3.97.